The number of hydrogen-bond donors (Lipinski definition) is 2. The second-order valence-electron chi connectivity index (χ2n) is 7.91. The maximum atomic E-state index is 13.0. The van der Waals surface area contributed by atoms with E-state index in [4.69, 9.17) is 14.2 Å². The molecule has 2 aliphatic rings. The molecule has 0 spiro atoms. The van der Waals surface area contributed by atoms with Gasteiger partial charge in [0.1, 0.15) is 0 Å². The summed E-state index contributed by atoms with van der Waals surface area (Å²) in [6.07, 6.45) is 2.36. The number of aryl methyl sites for hydroxylation is 1. The quantitative estimate of drug-likeness (QED) is 0.456. The van der Waals surface area contributed by atoms with E-state index in [1.165, 1.54) is 22.7 Å². The number of thiazole rings is 2. The van der Waals surface area contributed by atoms with Crippen molar-refractivity contribution in [2.75, 3.05) is 24.0 Å². The maximum absolute atomic E-state index is 13.0. The summed E-state index contributed by atoms with van der Waals surface area (Å²) in [5.74, 6) is -0.183. The predicted molar refractivity (Wildman–Crippen MR) is 129 cm³/mol. The summed E-state index contributed by atoms with van der Waals surface area (Å²) < 4.78 is 15.6. The van der Waals surface area contributed by atoms with Crippen molar-refractivity contribution in [1.82, 2.24) is 9.97 Å². The number of amides is 2. The van der Waals surface area contributed by atoms with Crippen molar-refractivity contribution in [3.63, 3.8) is 0 Å². The molecule has 1 unspecified atom stereocenters. The highest BCUT2D eigenvalue weighted by molar-refractivity contribution is 7.16. The molecule has 1 atom stereocenters. The topological polar surface area (TPSA) is 129 Å². The third kappa shape index (κ3) is 5.13. The lowest BCUT2D eigenvalue weighted by molar-refractivity contribution is -0.142. The van der Waals surface area contributed by atoms with Gasteiger partial charge in [0.2, 0.25) is 12.7 Å². The van der Waals surface area contributed by atoms with E-state index in [0.29, 0.717) is 51.7 Å². The highest BCUT2D eigenvalue weighted by Crippen LogP contribution is 2.38. The molecule has 35 heavy (non-hydrogen) atoms. The van der Waals surface area contributed by atoms with Crippen LogP contribution in [0.5, 0.6) is 11.5 Å². The Hall–Kier alpha value is -3.51. The zero-order valence-electron chi connectivity index (χ0n) is 18.8. The van der Waals surface area contributed by atoms with Gasteiger partial charge in [-0.25, -0.2) is 9.97 Å². The molecule has 1 aliphatic carbocycles. The van der Waals surface area contributed by atoms with E-state index in [-0.39, 0.29) is 31.0 Å². The largest absolute Gasteiger partial charge is 0.466 e. The van der Waals surface area contributed by atoms with Gasteiger partial charge in [-0.2, -0.15) is 0 Å². The van der Waals surface area contributed by atoms with Crippen LogP contribution in [-0.2, 0) is 27.2 Å². The highest BCUT2D eigenvalue weighted by atomic mass is 32.1. The summed E-state index contributed by atoms with van der Waals surface area (Å²) in [6, 6.07) is 4.99. The highest BCUT2D eigenvalue weighted by Gasteiger charge is 2.31. The number of carbonyl (C=O) groups is 3. The molecule has 1 aromatic carbocycles. The van der Waals surface area contributed by atoms with Crippen LogP contribution in [0.2, 0.25) is 0 Å². The first-order chi connectivity index (χ1) is 17.0. The van der Waals surface area contributed by atoms with Crippen molar-refractivity contribution >= 4 is 50.7 Å². The van der Waals surface area contributed by atoms with Crippen LogP contribution in [0.4, 0.5) is 10.3 Å². The van der Waals surface area contributed by atoms with Crippen LogP contribution < -0.4 is 20.1 Å². The molecule has 1 aliphatic heterocycles. The molecule has 3 heterocycles. The van der Waals surface area contributed by atoms with E-state index >= 15 is 0 Å². The van der Waals surface area contributed by atoms with Gasteiger partial charge in [0.15, 0.2) is 21.8 Å². The number of aromatic nitrogens is 2. The summed E-state index contributed by atoms with van der Waals surface area (Å²) in [7, 11) is 0. The molecule has 182 valence electrons. The van der Waals surface area contributed by atoms with Gasteiger partial charge in [0, 0.05) is 15.8 Å². The van der Waals surface area contributed by atoms with Crippen molar-refractivity contribution < 1.29 is 28.6 Å². The fourth-order valence-electron chi connectivity index (χ4n) is 3.93. The minimum Gasteiger partial charge on any atom is -0.466 e. The Morgan fingerprint density at radius 3 is 2.86 bits per heavy atom. The van der Waals surface area contributed by atoms with E-state index in [1.807, 2.05) is 0 Å². The Bertz CT molecular complexity index is 1290. The first-order valence-corrected chi connectivity index (χ1v) is 12.8. The minimum absolute atomic E-state index is 0.0618. The zero-order chi connectivity index (χ0) is 24.4. The summed E-state index contributed by atoms with van der Waals surface area (Å²) in [5, 5.41) is 8.28. The predicted octanol–water partition coefficient (Wildman–Crippen LogP) is 3.74. The fraction of sp³-hybridized carbons (Fsp3) is 0.348. The van der Waals surface area contributed by atoms with Gasteiger partial charge >= 0.3 is 5.97 Å². The number of carbonyl (C=O) groups excluding carboxylic acids is 3. The number of nitrogens with zero attached hydrogens (tertiary/aromatic N) is 2. The molecule has 2 N–H and O–H groups in total. The number of esters is 1. The van der Waals surface area contributed by atoms with Crippen LogP contribution in [0.25, 0.3) is 0 Å². The average Bonchev–Trinajstić information content (AvgIpc) is 3.57. The molecule has 0 fully saturated rings. The number of rotatable bonds is 7. The van der Waals surface area contributed by atoms with Crippen LogP contribution in [0, 0.1) is 0 Å². The second kappa shape index (κ2) is 10.0. The standard InChI is InChI=1S/C23H22N4O6S2/c1-2-31-18(28)9-13-10-34-22(24-13)27-21(30)14-4-3-5-17-19(14)25-23(35-17)26-20(29)12-6-7-15-16(8-12)33-11-32-15/h6-8,10,14H,2-5,9,11H2,1H3,(H,24,27,30)(H,25,26,29). The summed E-state index contributed by atoms with van der Waals surface area (Å²) >= 11 is 2.64. The number of nitrogens with one attached hydrogen (secondary N) is 2. The van der Waals surface area contributed by atoms with Gasteiger partial charge in [-0.05, 0) is 44.4 Å². The summed E-state index contributed by atoms with van der Waals surface area (Å²) in [6.45, 7) is 2.19. The molecule has 2 amide bonds. The third-order valence-corrected chi connectivity index (χ3v) is 7.39. The van der Waals surface area contributed by atoms with Gasteiger partial charge in [0.25, 0.3) is 5.91 Å². The smallest absolute Gasteiger partial charge is 0.311 e. The van der Waals surface area contributed by atoms with Crippen molar-refractivity contribution in [2.45, 2.75) is 38.5 Å². The zero-order valence-corrected chi connectivity index (χ0v) is 20.4. The molecule has 0 saturated heterocycles. The summed E-state index contributed by atoms with van der Waals surface area (Å²) in [5.41, 5.74) is 1.66. The molecule has 5 rings (SSSR count). The van der Waals surface area contributed by atoms with Crippen molar-refractivity contribution in [2.24, 2.45) is 0 Å². The number of ether oxygens (including phenoxy) is 3. The van der Waals surface area contributed by atoms with Crippen LogP contribution in [0.15, 0.2) is 23.6 Å². The molecule has 10 nitrogen and oxygen atoms in total. The van der Waals surface area contributed by atoms with E-state index in [1.54, 1.807) is 30.5 Å². The van der Waals surface area contributed by atoms with E-state index in [0.717, 1.165) is 17.7 Å². The Balaban J connectivity index is 1.25. The number of fused-ring (bicyclic) bond motifs is 2. The molecule has 12 heteroatoms. The molecule has 3 aromatic rings. The third-order valence-electron chi connectivity index (χ3n) is 5.54. The van der Waals surface area contributed by atoms with Gasteiger partial charge in [-0.3, -0.25) is 19.7 Å². The first kappa shape index (κ1) is 23.2. The molecule has 0 saturated carbocycles. The molecule has 0 bridgehead atoms. The maximum Gasteiger partial charge on any atom is 0.311 e. The van der Waals surface area contributed by atoms with Gasteiger partial charge in [-0.15, -0.1) is 22.7 Å². The van der Waals surface area contributed by atoms with E-state index in [2.05, 4.69) is 20.6 Å². The summed E-state index contributed by atoms with van der Waals surface area (Å²) in [4.78, 5) is 47.3. The Morgan fingerprint density at radius 1 is 1.14 bits per heavy atom. The number of anilines is 2. The lowest BCUT2D eigenvalue weighted by atomic mass is 9.90. The minimum atomic E-state index is -0.441. The van der Waals surface area contributed by atoms with Crippen LogP contribution in [-0.4, -0.2) is 41.2 Å². The number of benzene rings is 1. The first-order valence-electron chi connectivity index (χ1n) is 11.1. The lowest BCUT2D eigenvalue weighted by Gasteiger charge is -2.19. The number of hydrogen-bond acceptors (Lipinski definition) is 10. The fourth-order valence-corrected chi connectivity index (χ4v) is 5.71. The van der Waals surface area contributed by atoms with Crippen LogP contribution in [0.3, 0.4) is 0 Å². The van der Waals surface area contributed by atoms with Gasteiger partial charge in [-0.1, -0.05) is 0 Å². The van der Waals surface area contributed by atoms with E-state index in [9.17, 15) is 14.4 Å². The van der Waals surface area contributed by atoms with Crippen LogP contribution in [0.1, 0.15) is 52.3 Å². The Labute approximate surface area is 208 Å². The SMILES string of the molecule is CCOC(=O)Cc1csc(NC(=O)C2CCCc3sc(NC(=O)c4ccc5c(c4)OCO5)nc32)n1. The van der Waals surface area contributed by atoms with Crippen LogP contribution >= 0.6 is 22.7 Å². The van der Waals surface area contributed by atoms with Crippen molar-refractivity contribution in [3.8, 4) is 11.5 Å². The molecule has 2 aromatic heterocycles. The monoisotopic (exact) mass is 514 g/mol. The molecular weight excluding hydrogens is 492 g/mol. The van der Waals surface area contributed by atoms with Crippen molar-refractivity contribution in [1.29, 1.82) is 0 Å². The Morgan fingerprint density at radius 2 is 2.00 bits per heavy atom. The Kier molecular flexibility index (Phi) is 6.64. The molecule has 0 radical (unpaired) electrons. The van der Waals surface area contributed by atoms with Crippen molar-refractivity contribution in [3.05, 3.63) is 45.4 Å². The van der Waals surface area contributed by atoms with Gasteiger partial charge in [0.05, 0.1) is 30.3 Å². The normalized spacial score (nSPS) is 15.9. The molecular formula is C23H22N4O6S2. The lowest BCUT2D eigenvalue weighted by Crippen LogP contribution is -2.24. The average molecular weight is 515 g/mol. The van der Waals surface area contributed by atoms with Gasteiger partial charge < -0.3 is 19.5 Å². The van der Waals surface area contributed by atoms with E-state index < -0.39 is 5.92 Å². The second-order valence-corrected chi connectivity index (χ2v) is 9.85.